The topological polar surface area (TPSA) is 73.1 Å². The van der Waals surface area contributed by atoms with E-state index in [9.17, 15) is 15.2 Å². The van der Waals surface area contributed by atoms with E-state index < -0.39 is 17.4 Å². The number of carboxylic acid groups (broad SMARTS) is 1. The van der Waals surface area contributed by atoms with Crippen molar-refractivity contribution in [3.05, 3.63) is 34.9 Å². The van der Waals surface area contributed by atoms with Gasteiger partial charge in [0.2, 0.25) is 0 Å². The summed E-state index contributed by atoms with van der Waals surface area (Å²) >= 11 is 5.91. The summed E-state index contributed by atoms with van der Waals surface area (Å²) in [5.74, 6) is -0.537. The Kier molecular flexibility index (Phi) is 4.55. The Morgan fingerprint density at radius 3 is 2.62 bits per heavy atom. The molecule has 3 atom stereocenters. The lowest BCUT2D eigenvalue weighted by Gasteiger charge is -2.29. The average Bonchev–Trinajstić information content (AvgIpc) is 2.79. The fraction of sp³-hybridized carbons (Fsp3) is 0.500. The SMILES string of the molecule is CC(C)CC1NC(C(=O)O)CC1(C#N)c1ccc(Cl)cc1. The van der Waals surface area contributed by atoms with Gasteiger partial charge in [-0.3, -0.25) is 10.1 Å². The van der Waals surface area contributed by atoms with Crippen LogP contribution in [0.4, 0.5) is 0 Å². The van der Waals surface area contributed by atoms with Crippen molar-refractivity contribution >= 4 is 17.6 Å². The van der Waals surface area contributed by atoms with Gasteiger partial charge in [0.05, 0.1) is 11.5 Å². The monoisotopic (exact) mass is 306 g/mol. The van der Waals surface area contributed by atoms with Crippen molar-refractivity contribution in [3.8, 4) is 6.07 Å². The van der Waals surface area contributed by atoms with Crippen molar-refractivity contribution in [3.63, 3.8) is 0 Å². The predicted molar refractivity (Wildman–Crippen MR) is 81.2 cm³/mol. The number of aliphatic carboxylic acids is 1. The van der Waals surface area contributed by atoms with Crippen LogP contribution in [0.15, 0.2) is 24.3 Å². The second-order valence-corrected chi connectivity index (χ2v) is 6.47. The minimum atomic E-state index is -0.908. The lowest BCUT2D eigenvalue weighted by Crippen LogP contribution is -2.41. The quantitative estimate of drug-likeness (QED) is 0.897. The third-order valence-electron chi connectivity index (χ3n) is 4.09. The van der Waals surface area contributed by atoms with Crippen LogP contribution in [0.1, 0.15) is 32.3 Å². The first-order valence-corrected chi connectivity index (χ1v) is 7.43. The van der Waals surface area contributed by atoms with Crippen LogP contribution in [0.3, 0.4) is 0 Å². The van der Waals surface area contributed by atoms with Crippen LogP contribution in [0.2, 0.25) is 5.02 Å². The lowest BCUT2D eigenvalue weighted by atomic mass is 9.72. The third kappa shape index (κ3) is 3.04. The number of halogens is 1. The van der Waals surface area contributed by atoms with Gasteiger partial charge in [-0.25, -0.2) is 0 Å². The van der Waals surface area contributed by atoms with E-state index in [1.807, 2.05) is 12.1 Å². The average molecular weight is 307 g/mol. The van der Waals surface area contributed by atoms with Gasteiger partial charge in [-0.2, -0.15) is 5.26 Å². The second-order valence-electron chi connectivity index (χ2n) is 6.03. The molecule has 1 aromatic carbocycles. The molecule has 5 heteroatoms. The molecule has 0 aliphatic carbocycles. The summed E-state index contributed by atoms with van der Waals surface area (Å²) in [6.45, 7) is 4.14. The minimum Gasteiger partial charge on any atom is -0.480 e. The molecular formula is C16H19ClN2O2. The normalized spacial score (nSPS) is 28.5. The molecule has 1 aliphatic rings. The molecule has 0 bridgehead atoms. The highest BCUT2D eigenvalue weighted by molar-refractivity contribution is 6.30. The smallest absolute Gasteiger partial charge is 0.320 e. The number of hydrogen-bond donors (Lipinski definition) is 2. The fourth-order valence-electron chi connectivity index (χ4n) is 3.06. The van der Waals surface area contributed by atoms with E-state index in [2.05, 4.69) is 25.2 Å². The van der Waals surface area contributed by atoms with Crippen molar-refractivity contribution in [2.75, 3.05) is 0 Å². The van der Waals surface area contributed by atoms with Gasteiger partial charge in [-0.15, -0.1) is 0 Å². The minimum absolute atomic E-state index is 0.176. The van der Waals surface area contributed by atoms with Crippen molar-refractivity contribution in [1.82, 2.24) is 5.32 Å². The number of carbonyl (C=O) groups is 1. The molecule has 1 aliphatic heterocycles. The lowest BCUT2D eigenvalue weighted by molar-refractivity contribution is -0.139. The van der Waals surface area contributed by atoms with Gasteiger partial charge < -0.3 is 5.11 Å². The number of carboxylic acids is 1. The van der Waals surface area contributed by atoms with Gasteiger partial charge in [-0.05, 0) is 36.5 Å². The molecule has 3 unspecified atom stereocenters. The molecule has 1 aromatic rings. The van der Waals surface area contributed by atoms with Crippen LogP contribution in [0.5, 0.6) is 0 Å². The molecule has 0 aromatic heterocycles. The molecule has 0 amide bonds. The summed E-state index contributed by atoms with van der Waals surface area (Å²) in [7, 11) is 0. The first-order chi connectivity index (χ1) is 9.89. The second kappa shape index (κ2) is 6.05. The zero-order valence-corrected chi connectivity index (χ0v) is 12.9. The Bertz CT molecular complexity index is 565. The van der Waals surface area contributed by atoms with E-state index in [0.717, 1.165) is 12.0 Å². The Morgan fingerprint density at radius 2 is 2.14 bits per heavy atom. The maximum atomic E-state index is 11.3. The molecule has 2 rings (SSSR count). The molecule has 2 N–H and O–H groups in total. The Hall–Kier alpha value is -1.57. The van der Waals surface area contributed by atoms with Gasteiger partial charge >= 0.3 is 5.97 Å². The molecule has 0 saturated carbocycles. The van der Waals surface area contributed by atoms with E-state index in [0.29, 0.717) is 10.9 Å². The Morgan fingerprint density at radius 1 is 1.52 bits per heavy atom. The van der Waals surface area contributed by atoms with E-state index >= 15 is 0 Å². The Balaban J connectivity index is 2.43. The first-order valence-electron chi connectivity index (χ1n) is 7.05. The molecular weight excluding hydrogens is 288 g/mol. The molecule has 112 valence electrons. The maximum absolute atomic E-state index is 11.3. The van der Waals surface area contributed by atoms with E-state index in [4.69, 9.17) is 11.6 Å². The summed E-state index contributed by atoms with van der Waals surface area (Å²) in [5.41, 5.74) is 0.00840. The zero-order chi connectivity index (χ0) is 15.6. The van der Waals surface area contributed by atoms with Crippen LogP contribution < -0.4 is 5.32 Å². The highest BCUT2D eigenvalue weighted by Gasteiger charge is 2.50. The highest BCUT2D eigenvalue weighted by Crippen LogP contribution is 2.40. The van der Waals surface area contributed by atoms with E-state index in [-0.39, 0.29) is 12.5 Å². The summed E-state index contributed by atoms with van der Waals surface area (Å²) in [4.78, 5) is 11.3. The summed E-state index contributed by atoms with van der Waals surface area (Å²) < 4.78 is 0. The van der Waals surface area contributed by atoms with E-state index in [1.165, 1.54) is 0 Å². The molecule has 1 saturated heterocycles. The maximum Gasteiger partial charge on any atom is 0.320 e. The van der Waals surface area contributed by atoms with Crippen LogP contribution in [0, 0.1) is 17.2 Å². The third-order valence-corrected chi connectivity index (χ3v) is 4.34. The molecule has 0 spiro atoms. The van der Waals surface area contributed by atoms with Crippen LogP contribution in [-0.2, 0) is 10.2 Å². The number of rotatable bonds is 4. The fourth-order valence-corrected chi connectivity index (χ4v) is 3.19. The first kappa shape index (κ1) is 15.8. The van der Waals surface area contributed by atoms with Crippen molar-refractivity contribution < 1.29 is 9.90 Å². The van der Waals surface area contributed by atoms with Crippen molar-refractivity contribution in [1.29, 1.82) is 5.26 Å². The van der Waals surface area contributed by atoms with Gasteiger partial charge in [0.25, 0.3) is 0 Å². The standard InChI is InChI=1S/C16H19ClN2O2/c1-10(2)7-14-16(9-18,8-13(19-14)15(20)21)11-3-5-12(17)6-4-11/h3-6,10,13-14,19H,7-8H2,1-2H3,(H,20,21). The summed E-state index contributed by atoms with van der Waals surface area (Å²) in [6.07, 6.45) is 1.03. The van der Waals surface area contributed by atoms with Gasteiger partial charge in [0, 0.05) is 11.1 Å². The van der Waals surface area contributed by atoms with Crippen LogP contribution >= 0.6 is 11.6 Å². The number of nitrogens with zero attached hydrogens (tertiary/aromatic N) is 1. The Labute approximate surface area is 129 Å². The van der Waals surface area contributed by atoms with E-state index in [1.54, 1.807) is 12.1 Å². The van der Waals surface area contributed by atoms with Crippen LogP contribution in [-0.4, -0.2) is 23.2 Å². The zero-order valence-electron chi connectivity index (χ0n) is 12.1. The number of benzene rings is 1. The molecule has 1 heterocycles. The van der Waals surface area contributed by atoms with Gasteiger partial charge in [0.15, 0.2) is 0 Å². The molecule has 1 fully saturated rings. The molecule has 21 heavy (non-hydrogen) atoms. The number of hydrogen-bond acceptors (Lipinski definition) is 3. The van der Waals surface area contributed by atoms with Crippen molar-refractivity contribution in [2.45, 2.75) is 44.2 Å². The molecule has 4 nitrogen and oxygen atoms in total. The number of nitrogens with one attached hydrogen (secondary N) is 1. The van der Waals surface area contributed by atoms with Gasteiger partial charge in [-0.1, -0.05) is 37.6 Å². The van der Waals surface area contributed by atoms with Crippen molar-refractivity contribution in [2.24, 2.45) is 5.92 Å². The van der Waals surface area contributed by atoms with Crippen LogP contribution in [0.25, 0.3) is 0 Å². The van der Waals surface area contributed by atoms with Gasteiger partial charge in [0.1, 0.15) is 6.04 Å². The molecule has 0 radical (unpaired) electrons. The number of nitriles is 1. The predicted octanol–water partition coefficient (Wildman–Crippen LogP) is 2.96. The summed E-state index contributed by atoms with van der Waals surface area (Å²) in [5, 5.41) is 22.8. The highest BCUT2D eigenvalue weighted by atomic mass is 35.5. The largest absolute Gasteiger partial charge is 0.480 e. The summed E-state index contributed by atoms with van der Waals surface area (Å²) in [6, 6.07) is 8.66.